The van der Waals surface area contributed by atoms with Gasteiger partial charge in [-0.25, -0.2) is 4.79 Å². The van der Waals surface area contributed by atoms with Crippen molar-refractivity contribution in [3.05, 3.63) is 30.0 Å². The van der Waals surface area contributed by atoms with E-state index in [4.69, 9.17) is 23.7 Å². The Labute approximate surface area is 176 Å². The second-order valence-electron chi connectivity index (χ2n) is 8.01. The molecule has 30 heavy (non-hydrogen) atoms. The van der Waals surface area contributed by atoms with Crippen molar-refractivity contribution in [2.24, 2.45) is 11.8 Å². The number of Topliss-reactive ketones (excluding diaryl/α,β-unsaturated/α-hetero) is 1. The maximum absolute atomic E-state index is 13.3. The van der Waals surface area contributed by atoms with Crippen molar-refractivity contribution in [3.8, 4) is 11.5 Å². The fourth-order valence-corrected chi connectivity index (χ4v) is 4.56. The first kappa shape index (κ1) is 20.7. The first-order valence-electron chi connectivity index (χ1n) is 10.5. The monoisotopic (exact) mass is 416 g/mol. The number of fused-ring (bicyclic) bond motifs is 2. The summed E-state index contributed by atoms with van der Waals surface area (Å²) in [5, 5.41) is 0. The van der Waals surface area contributed by atoms with E-state index in [-0.39, 0.29) is 29.8 Å². The largest absolute Gasteiger partial charge is 0.496 e. The molecule has 0 bridgehead atoms. The van der Waals surface area contributed by atoms with Crippen molar-refractivity contribution in [1.29, 1.82) is 0 Å². The number of benzene rings is 1. The number of carbonyl (C=O) groups excluding carboxylic acids is 2. The van der Waals surface area contributed by atoms with E-state index in [1.807, 2.05) is 18.2 Å². The smallest absolute Gasteiger partial charge is 0.334 e. The van der Waals surface area contributed by atoms with E-state index in [1.165, 1.54) is 7.11 Å². The van der Waals surface area contributed by atoms with Gasteiger partial charge in [-0.2, -0.15) is 0 Å². The van der Waals surface area contributed by atoms with E-state index in [1.54, 1.807) is 13.2 Å². The standard InChI is InChI=1S/C23H28O7/c1-4-14-9-16-20(11-19(14)30-13(2)23(25)26-3)29-12-17(22(16)24)15-5-6-18-21(10-15)28-8-7-27-18/h5-6,10,12-14,16,19-20H,4,7-9,11H2,1-3H3. The summed E-state index contributed by atoms with van der Waals surface area (Å²) in [5.74, 6) is 0.974. The minimum Gasteiger partial charge on any atom is -0.496 e. The van der Waals surface area contributed by atoms with Gasteiger partial charge in [-0.05, 0) is 37.0 Å². The van der Waals surface area contributed by atoms with Gasteiger partial charge in [0.2, 0.25) is 0 Å². The van der Waals surface area contributed by atoms with Gasteiger partial charge in [0, 0.05) is 6.42 Å². The van der Waals surface area contributed by atoms with Gasteiger partial charge in [0.1, 0.15) is 19.3 Å². The maximum atomic E-state index is 13.3. The minimum absolute atomic E-state index is 0.0841. The van der Waals surface area contributed by atoms with Crippen LogP contribution < -0.4 is 9.47 Å². The molecule has 1 saturated carbocycles. The van der Waals surface area contributed by atoms with E-state index in [0.717, 1.165) is 12.0 Å². The summed E-state index contributed by atoms with van der Waals surface area (Å²) in [7, 11) is 1.35. The van der Waals surface area contributed by atoms with Crippen molar-refractivity contribution in [1.82, 2.24) is 0 Å². The van der Waals surface area contributed by atoms with Gasteiger partial charge in [0.05, 0.1) is 31.0 Å². The van der Waals surface area contributed by atoms with E-state index in [0.29, 0.717) is 43.1 Å². The van der Waals surface area contributed by atoms with E-state index < -0.39 is 12.1 Å². The molecule has 2 heterocycles. The van der Waals surface area contributed by atoms with Crippen LogP contribution in [0.5, 0.6) is 11.5 Å². The summed E-state index contributed by atoms with van der Waals surface area (Å²) < 4.78 is 28.0. The Morgan fingerprint density at radius 3 is 2.70 bits per heavy atom. The Bertz CT molecular complexity index is 846. The Kier molecular flexibility index (Phi) is 5.99. The minimum atomic E-state index is -0.645. The summed E-state index contributed by atoms with van der Waals surface area (Å²) in [6, 6.07) is 5.54. The van der Waals surface area contributed by atoms with Crippen molar-refractivity contribution in [3.63, 3.8) is 0 Å². The normalized spacial score (nSPS) is 28.6. The zero-order valence-electron chi connectivity index (χ0n) is 17.6. The molecular formula is C23H28O7. The lowest BCUT2D eigenvalue weighted by Gasteiger charge is -2.42. The SMILES string of the molecule is CCC1CC2C(=O)C(c3ccc4c(c3)OCCO4)=COC2CC1OC(C)C(=O)OC. The number of allylic oxidation sites excluding steroid dienone is 1. The van der Waals surface area contributed by atoms with Gasteiger partial charge >= 0.3 is 5.97 Å². The zero-order chi connectivity index (χ0) is 21.3. The fourth-order valence-electron chi connectivity index (χ4n) is 4.56. The van der Waals surface area contributed by atoms with E-state index >= 15 is 0 Å². The highest BCUT2D eigenvalue weighted by Gasteiger charge is 2.45. The van der Waals surface area contributed by atoms with Gasteiger partial charge in [-0.15, -0.1) is 0 Å². The molecule has 5 unspecified atom stereocenters. The van der Waals surface area contributed by atoms with Crippen LogP contribution in [0.15, 0.2) is 24.5 Å². The molecule has 0 spiro atoms. The number of carbonyl (C=O) groups is 2. The molecule has 1 aromatic carbocycles. The fraction of sp³-hybridized carbons (Fsp3) is 0.565. The molecule has 0 aromatic heterocycles. The number of hydrogen-bond donors (Lipinski definition) is 0. The predicted molar refractivity (Wildman–Crippen MR) is 108 cm³/mol. The van der Waals surface area contributed by atoms with E-state index in [9.17, 15) is 9.59 Å². The molecule has 0 radical (unpaired) electrons. The highest BCUT2D eigenvalue weighted by molar-refractivity contribution is 6.22. The highest BCUT2D eigenvalue weighted by Crippen LogP contribution is 2.42. The lowest BCUT2D eigenvalue weighted by Crippen LogP contribution is -2.47. The van der Waals surface area contributed by atoms with Crippen LogP contribution in [-0.4, -0.2) is 50.4 Å². The Morgan fingerprint density at radius 2 is 1.97 bits per heavy atom. The Morgan fingerprint density at radius 1 is 1.20 bits per heavy atom. The van der Waals surface area contributed by atoms with E-state index in [2.05, 4.69) is 6.92 Å². The topological polar surface area (TPSA) is 80.3 Å². The first-order valence-corrected chi connectivity index (χ1v) is 10.5. The number of hydrogen-bond acceptors (Lipinski definition) is 7. The van der Waals surface area contributed by atoms with Crippen LogP contribution in [0.4, 0.5) is 0 Å². The summed E-state index contributed by atoms with van der Waals surface area (Å²) >= 11 is 0. The average molecular weight is 416 g/mol. The molecule has 2 aliphatic heterocycles. The van der Waals surface area contributed by atoms with Crippen LogP contribution >= 0.6 is 0 Å². The molecule has 4 rings (SSSR count). The lowest BCUT2D eigenvalue weighted by atomic mass is 9.72. The molecule has 3 aliphatic rings. The Balaban J connectivity index is 1.52. The maximum Gasteiger partial charge on any atom is 0.334 e. The second-order valence-corrected chi connectivity index (χ2v) is 8.01. The van der Waals surface area contributed by atoms with Gasteiger partial charge < -0.3 is 23.7 Å². The first-order chi connectivity index (χ1) is 14.5. The van der Waals surface area contributed by atoms with Gasteiger partial charge in [-0.3, -0.25) is 4.79 Å². The van der Waals surface area contributed by atoms with Crippen LogP contribution in [0.2, 0.25) is 0 Å². The van der Waals surface area contributed by atoms with Crippen LogP contribution in [0, 0.1) is 11.8 Å². The molecule has 7 heteroatoms. The van der Waals surface area contributed by atoms with Gasteiger partial charge in [-0.1, -0.05) is 19.4 Å². The van der Waals surface area contributed by atoms with Crippen LogP contribution in [0.25, 0.3) is 5.57 Å². The third kappa shape index (κ3) is 3.90. The summed E-state index contributed by atoms with van der Waals surface area (Å²) in [6.45, 7) is 4.79. The summed E-state index contributed by atoms with van der Waals surface area (Å²) in [4.78, 5) is 25.1. The lowest BCUT2D eigenvalue weighted by molar-refractivity contribution is -0.165. The van der Waals surface area contributed by atoms with Crippen molar-refractivity contribution in [2.45, 2.75) is 51.4 Å². The van der Waals surface area contributed by atoms with Crippen molar-refractivity contribution in [2.75, 3.05) is 20.3 Å². The summed E-state index contributed by atoms with van der Waals surface area (Å²) in [6.07, 6.45) is 2.61. The zero-order valence-corrected chi connectivity index (χ0v) is 17.6. The molecule has 1 aromatic rings. The van der Waals surface area contributed by atoms with Crippen LogP contribution in [-0.2, 0) is 23.8 Å². The second kappa shape index (κ2) is 8.68. The van der Waals surface area contributed by atoms with Gasteiger partial charge in [0.15, 0.2) is 23.4 Å². The van der Waals surface area contributed by atoms with Crippen molar-refractivity contribution >= 4 is 17.3 Å². The number of ether oxygens (including phenoxy) is 5. The molecular weight excluding hydrogens is 388 g/mol. The molecule has 162 valence electrons. The average Bonchev–Trinajstić information content (AvgIpc) is 2.78. The van der Waals surface area contributed by atoms with Gasteiger partial charge in [0.25, 0.3) is 0 Å². The highest BCUT2D eigenvalue weighted by atomic mass is 16.6. The molecule has 0 amide bonds. The van der Waals surface area contributed by atoms with Crippen molar-refractivity contribution < 1.29 is 33.3 Å². The quantitative estimate of drug-likeness (QED) is 0.682. The third-order valence-electron chi connectivity index (χ3n) is 6.25. The molecule has 7 nitrogen and oxygen atoms in total. The number of rotatable bonds is 5. The van der Waals surface area contributed by atoms with Crippen LogP contribution in [0.1, 0.15) is 38.7 Å². The molecule has 5 atom stereocenters. The number of esters is 1. The predicted octanol–water partition coefficient (Wildman–Crippen LogP) is 3.15. The molecule has 1 aliphatic carbocycles. The number of ketones is 1. The molecule has 1 fully saturated rings. The third-order valence-corrected chi connectivity index (χ3v) is 6.25. The van der Waals surface area contributed by atoms with Crippen LogP contribution in [0.3, 0.4) is 0 Å². The Hall–Kier alpha value is -2.54. The molecule has 0 saturated heterocycles. The summed E-state index contributed by atoms with van der Waals surface area (Å²) in [5.41, 5.74) is 1.33. The molecule has 0 N–H and O–H groups in total. The number of methoxy groups -OCH3 is 1.